The largest absolute Gasteiger partial charge is 0.325 e. The average Bonchev–Trinajstić information content (AvgIpc) is 2.60. The van der Waals surface area contributed by atoms with Gasteiger partial charge in [-0.1, -0.05) is 58.3 Å². The molecule has 2 heteroatoms. The van der Waals surface area contributed by atoms with Gasteiger partial charge in [0.15, 0.2) is 0 Å². The van der Waals surface area contributed by atoms with Crippen LogP contribution in [0.1, 0.15) is 124 Å². The van der Waals surface area contributed by atoms with Crippen LogP contribution in [0, 0.1) is 29.1 Å². The highest BCUT2D eigenvalue weighted by Gasteiger charge is 2.54. The zero-order valence-electron chi connectivity index (χ0n) is 19.1. The van der Waals surface area contributed by atoms with Crippen molar-refractivity contribution >= 4 is 5.78 Å². The van der Waals surface area contributed by atoms with Gasteiger partial charge in [0.25, 0.3) is 0 Å². The number of nitrogens with two attached hydrogens (primary N) is 1. The van der Waals surface area contributed by atoms with E-state index in [1.54, 1.807) is 0 Å². The molecule has 162 valence electrons. The van der Waals surface area contributed by atoms with Crippen LogP contribution < -0.4 is 5.73 Å². The van der Waals surface area contributed by atoms with Crippen LogP contribution in [0.3, 0.4) is 0 Å². The summed E-state index contributed by atoms with van der Waals surface area (Å²) in [6.07, 6.45) is 20.5. The second-order valence-corrected chi connectivity index (χ2v) is 11.6. The molecule has 4 bridgehead atoms. The minimum atomic E-state index is -0.237. The molecule has 4 aliphatic carbocycles. The van der Waals surface area contributed by atoms with Crippen LogP contribution in [0.25, 0.3) is 0 Å². The minimum Gasteiger partial charge on any atom is -0.325 e. The molecule has 1 atom stereocenters. The quantitative estimate of drug-likeness (QED) is 0.343. The van der Waals surface area contributed by atoms with Crippen LogP contribution in [0.2, 0.25) is 0 Å². The van der Waals surface area contributed by atoms with E-state index < -0.39 is 0 Å². The molecule has 4 aliphatic rings. The third-order valence-corrected chi connectivity index (χ3v) is 8.52. The van der Waals surface area contributed by atoms with E-state index in [0.29, 0.717) is 11.7 Å². The molecule has 0 heterocycles. The monoisotopic (exact) mass is 389 g/mol. The molecule has 0 saturated heterocycles. The summed E-state index contributed by atoms with van der Waals surface area (Å²) in [5.74, 6) is 3.51. The molecule has 0 aromatic heterocycles. The van der Waals surface area contributed by atoms with Crippen LogP contribution in [-0.2, 0) is 4.79 Å². The van der Waals surface area contributed by atoms with E-state index in [1.165, 1.54) is 89.9 Å². The van der Waals surface area contributed by atoms with Crippen molar-refractivity contribution in [2.24, 2.45) is 34.8 Å². The van der Waals surface area contributed by atoms with Crippen molar-refractivity contribution in [3.63, 3.8) is 0 Å². The molecule has 0 aliphatic heterocycles. The van der Waals surface area contributed by atoms with Crippen LogP contribution in [0.15, 0.2) is 0 Å². The van der Waals surface area contributed by atoms with Gasteiger partial charge in [0.2, 0.25) is 0 Å². The van der Waals surface area contributed by atoms with Crippen molar-refractivity contribution in [3.8, 4) is 0 Å². The van der Waals surface area contributed by atoms with E-state index in [1.807, 2.05) is 0 Å². The van der Waals surface area contributed by atoms with E-state index in [-0.39, 0.29) is 11.0 Å². The Kier molecular flexibility index (Phi) is 7.67. The van der Waals surface area contributed by atoms with Crippen LogP contribution in [0.5, 0.6) is 0 Å². The lowest BCUT2D eigenvalue weighted by Crippen LogP contribution is -2.51. The topological polar surface area (TPSA) is 43.1 Å². The lowest BCUT2D eigenvalue weighted by molar-refractivity contribution is -0.145. The lowest BCUT2D eigenvalue weighted by atomic mass is 9.48. The summed E-state index contributed by atoms with van der Waals surface area (Å²) in [5, 5.41) is 0. The normalized spacial score (nSPS) is 32.6. The number of Topliss-reactive ketones (excluding diaryl/α,β-unsaturated/α-hetero) is 1. The van der Waals surface area contributed by atoms with Gasteiger partial charge in [-0.3, -0.25) is 4.79 Å². The molecule has 4 rings (SSSR count). The van der Waals surface area contributed by atoms with Crippen LogP contribution in [0.4, 0.5) is 0 Å². The first-order valence-electron chi connectivity index (χ1n) is 12.6. The van der Waals surface area contributed by atoms with Gasteiger partial charge in [-0.2, -0.15) is 0 Å². The van der Waals surface area contributed by atoms with Crippen molar-refractivity contribution in [3.05, 3.63) is 0 Å². The molecule has 0 aromatic carbocycles. The van der Waals surface area contributed by atoms with Gasteiger partial charge in [0.1, 0.15) is 5.78 Å². The van der Waals surface area contributed by atoms with E-state index in [0.717, 1.165) is 30.6 Å². The van der Waals surface area contributed by atoms with Gasteiger partial charge >= 0.3 is 0 Å². The summed E-state index contributed by atoms with van der Waals surface area (Å²) in [4.78, 5) is 13.5. The fourth-order valence-corrected chi connectivity index (χ4v) is 7.15. The number of unbranched alkanes of at least 4 members (excludes halogenated alkanes) is 7. The summed E-state index contributed by atoms with van der Waals surface area (Å²) in [6, 6.07) is 0. The lowest BCUT2D eigenvalue weighted by Gasteiger charge is -2.56. The first-order valence-corrected chi connectivity index (χ1v) is 12.6. The minimum absolute atomic E-state index is 0.0531. The Morgan fingerprint density at radius 1 is 0.893 bits per heavy atom. The molecule has 4 saturated carbocycles. The van der Waals surface area contributed by atoms with Crippen LogP contribution >= 0.6 is 0 Å². The van der Waals surface area contributed by atoms with Crippen molar-refractivity contribution in [2.75, 3.05) is 0 Å². The van der Waals surface area contributed by atoms with Gasteiger partial charge in [0, 0.05) is 17.4 Å². The number of carbonyl (C=O) groups is 1. The first-order chi connectivity index (χ1) is 13.3. The van der Waals surface area contributed by atoms with Crippen molar-refractivity contribution in [1.82, 2.24) is 0 Å². The summed E-state index contributed by atoms with van der Waals surface area (Å²) < 4.78 is 0. The fraction of sp³-hybridized carbons (Fsp3) is 0.962. The second-order valence-electron chi connectivity index (χ2n) is 11.6. The smallest absolute Gasteiger partial charge is 0.139 e. The molecular weight excluding hydrogens is 342 g/mol. The SMILES string of the molecule is CCCCCCCCCCC(CC(=O)C12CC3CC(CC(C3)C1)C2)C(C)(C)N. The highest BCUT2D eigenvalue weighted by Crippen LogP contribution is 2.60. The van der Waals surface area contributed by atoms with Crippen LogP contribution in [-0.4, -0.2) is 11.3 Å². The molecule has 2 N–H and O–H groups in total. The number of carbonyl (C=O) groups excluding carboxylic acids is 1. The molecule has 28 heavy (non-hydrogen) atoms. The molecule has 4 fully saturated rings. The Hall–Kier alpha value is -0.370. The second kappa shape index (κ2) is 9.63. The van der Waals surface area contributed by atoms with E-state index >= 15 is 0 Å². The summed E-state index contributed by atoms with van der Waals surface area (Å²) in [7, 11) is 0. The maximum Gasteiger partial charge on any atom is 0.139 e. The van der Waals surface area contributed by atoms with E-state index in [9.17, 15) is 4.79 Å². The van der Waals surface area contributed by atoms with Gasteiger partial charge in [0.05, 0.1) is 0 Å². The predicted molar refractivity (Wildman–Crippen MR) is 119 cm³/mol. The summed E-state index contributed by atoms with van der Waals surface area (Å²) in [5.41, 5.74) is 6.38. The Balaban J connectivity index is 1.46. The zero-order valence-corrected chi connectivity index (χ0v) is 19.1. The molecule has 0 radical (unpaired) electrons. The molecular formula is C26H47NO. The molecule has 1 unspecified atom stereocenters. The highest BCUT2D eigenvalue weighted by molar-refractivity contribution is 5.85. The summed E-state index contributed by atoms with van der Waals surface area (Å²) in [6.45, 7) is 6.57. The van der Waals surface area contributed by atoms with Crippen molar-refractivity contribution in [1.29, 1.82) is 0 Å². The Bertz CT molecular complexity index is 468. The number of hydrogen-bond acceptors (Lipinski definition) is 2. The third-order valence-electron chi connectivity index (χ3n) is 8.52. The fourth-order valence-electron chi connectivity index (χ4n) is 7.15. The van der Waals surface area contributed by atoms with Gasteiger partial charge in [-0.15, -0.1) is 0 Å². The van der Waals surface area contributed by atoms with Gasteiger partial charge in [-0.05, 0) is 82.5 Å². The highest BCUT2D eigenvalue weighted by atomic mass is 16.1. The molecule has 0 amide bonds. The first kappa shape index (κ1) is 22.3. The number of hydrogen-bond donors (Lipinski definition) is 1. The average molecular weight is 390 g/mol. The Labute approximate surface area is 174 Å². The number of ketones is 1. The van der Waals surface area contributed by atoms with E-state index in [4.69, 9.17) is 5.73 Å². The zero-order chi connectivity index (χ0) is 20.2. The maximum atomic E-state index is 13.5. The van der Waals surface area contributed by atoms with E-state index in [2.05, 4.69) is 20.8 Å². The Morgan fingerprint density at radius 2 is 1.36 bits per heavy atom. The summed E-state index contributed by atoms with van der Waals surface area (Å²) >= 11 is 0. The third kappa shape index (κ3) is 5.61. The predicted octanol–water partition coefficient (Wildman–Crippen LogP) is 7.05. The standard InChI is InChI=1S/C26H47NO/c1-4-5-6-7-8-9-10-11-12-23(25(2,3)27)16-24(28)26-17-20-13-21(18-26)15-22(14-20)19-26/h20-23H,4-19,27H2,1-3H3. The molecule has 0 spiro atoms. The molecule has 0 aromatic rings. The van der Waals surface area contributed by atoms with Gasteiger partial charge in [-0.25, -0.2) is 0 Å². The van der Waals surface area contributed by atoms with Crippen molar-refractivity contribution in [2.45, 2.75) is 129 Å². The number of rotatable bonds is 13. The van der Waals surface area contributed by atoms with Crippen molar-refractivity contribution < 1.29 is 4.79 Å². The maximum absolute atomic E-state index is 13.5. The molecule has 2 nitrogen and oxygen atoms in total. The van der Waals surface area contributed by atoms with Gasteiger partial charge < -0.3 is 5.73 Å². The Morgan fingerprint density at radius 3 is 1.82 bits per heavy atom.